The highest BCUT2D eigenvalue weighted by Gasteiger charge is 2.19. The Hall–Kier alpha value is -1.96. The molecule has 0 rings (SSSR count). The van der Waals surface area contributed by atoms with Crippen molar-refractivity contribution in [1.82, 2.24) is 0 Å². The van der Waals surface area contributed by atoms with Gasteiger partial charge in [-0.05, 0) is 19.3 Å². The molecule has 276 valence electrons. The van der Waals surface area contributed by atoms with Gasteiger partial charge in [-0.15, -0.1) is 0 Å². The van der Waals surface area contributed by atoms with E-state index in [-0.39, 0.29) is 44.2 Å². The van der Waals surface area contributed by atoms with Crippen LogP contribution in [0, 0.1) is 0 Å². The minimum Gasteiger partial charge on any atom is -0.463 e. The average Bonchev–Trinajstić information content (AvgIpc) is 3.06. The molecule has 1 unspecified atom stereocenters. The molecule has 0 N–H and O–H groups in total. The third-order valence-corrected chi connectivity index (χ3v) is 8.60. The van der Waals surface area contributed by atoms with Gasteiger partial charge >= 0.3 is 17.9 Å². The van der Waals surface area contributed by atoms with E-state index >= 15 is 0 Å². The van der Waals surface area contributed by atoms with Gasteiger partial charge in [-0.2, -0.15) is 0 Å². The molecule has 1 atom stereocenters. The molecule has 0 aromatic heterocycles. The largest absolute Gasteiger partial charge is 0.463 e. The van der Waals surface area contributed by atoms with E-state index in [2.05, 4.69) is 13.8 Å². The zero-order valence-electron chi connectivity index (χ0n) is 30.8. The van der Waals surface area contributed by atoms with Gasteiger partial charge in [0.15, 0.2) is 0 Å². The van der Waals surface area contributed by atoms with Crippen molar-refractivity contribution in [3.05, 3.63) is 0 Å². The van der Waals surface area contributed by atoms with Gasteiger partial charge in [0.05, 0.1) is 19.4 Å². The highest BCUT2D eigenvalue weighted by atomic mass is 16.6. The summed E-state index contributed by atoms with van der Waals surface area (Å²) in [5.74, 6) is -1.23. The molecular weight excluding hydrogens is 596 g/mol. The second kappa shape index (κ2) is 35.3. The monoisotopic (exact) mass is 669 g/mol. The van der Waals surface area contributed by atoms with Crippen LogP contribution < -0.4 is 0 Å². The van der Waals surface area contributed by atoms with E-state index in [1.165, 1.54) is 110 Å². The molecular formula is C39H72O8. The summed E-state index contributed by atoms with van der Waals surface area (Å²) >= 11 is 0. The molecule has 8 nitrogen and oxygen atoms in total. The van der Waals surface area contributed by atoms with Gasteiger partial charge in [0.25, 0.3) is 0 Å². The molecule has 0 amide bonds. The first-order valence-electron chi connectivity index (χ1n) is 19.4. The maximum absolute atomic E-state index is 12.6. The van der Waals surface area contributed by atoms with Crippen molar-refractivity contribution in [3.63, 3.8) is 0 Å². The SMILES string of the molecule is CCCCCCCCCCCCCC(=O)CCC(COC(=O)CCC(=O)OCCOC)OC(=O)CCCCCCCCCCCCC. The summed E-state index contributed by atoms with van der Waals surface area (Å²) in [6.45, 7) is 4.79. The van der Waals surface area contributed by atoms with Crippen LogP contribution >= 0.6 is 0 Å². The van der Waals surface area contributed by atoms with Gasteiger partial charge in [0.1, 0.15) is 25.1 Å². The fraction of sp³-hybridized carbons (Fsp3) is 0.897. The van der Waals surface area contributed by atoms with Crippen molar-refractivity contribution in [2.75, 3.05) is 26.9 Å². The summed E-state index contributed by atoms with van der Waals surface area (Å²) in [6, 6.07) is 0. The van der Waals surface area contributed by atoms with Gasteiger partial charge in [0, 0.05) is 26.4 Å². The number of methoxy groups -OCH3 is 1. The Kier molecular flexibility index (Phi) is 33.9. The topological polar surface area (TPSA) is 105 Å². The van der Waals surface area contributed by atoms with E-state index in [1.807, 2.05) is 0 Å². The van der Waals surface area contributed by atoms with Crippen molar-refractivity contribution in [2.45, 2.75) is 200 Å². The fourth-order valence-corrected chi connectivity index (χ4v) is 5.56. The maximum atomic E-state index is 12.6. The molecule has 0 aliphatic carbocycles. The first-order chi connectivity index (χ1) is 22.9. The molecule has 0 aromatic rings. The summed E-state index contributed by atoms with van der Waals surface area (Å²) in [4.78, 5) is 49.2. The van der Waals surface area contributed by atoms with Crippen LogP contribution in [0.25, 0.3) is 0 Å². The van der Waals surface area contributed by atoms with Gasteiger partial charge < -0.3 is 18.9 Å². The lowest BCUT2D eigenvalue weighted by atomic mass is 10.0. The van der Waals surface area contributed by atoms with Crippen LogP contribution in [0.15, 0.2) is 0 Å². The van der Waals surface area contributed by atoms with Gasteiger partial charge in [-0.1, -0.05) is 142 Å². The number of unbranched alkanes of at least 4 members (excludes halogenated alkanes) is 20. The van der Waals surface area contributed by atoms with Crippen LogP contribution in [0.1, 0.15) is 194 Å². The molecule has 0 heterocycles. The molecule has 0 saturated heterocycles. The number of rotatable bonds is 36. The Balaban J connectivity index is 4.38. The summed E-state index contributed by atoms with van der Waals surface area (Å²) in [5, 5.41) is 0. The quantitative estimate of drug-likeness (QED) is 0.0369. The van der Waals surface area contributed by atoms with E-state index in [9.17, 15) is 19.2 Å². The van der Waals surface area contributed by atoms with Crippen molar-refractivity contribution in [2.24, 2.45) is 0 Å². The first kappa shape index (κ1) is 45.0. The summed E-state index contributed by atoms with van der Waals surface area (Å²) in [6.07, 6.45) is 27.4. The van der Waals surface area contributed by atoms with Crippen LogP contribution in [0.5, 0.6) is 0 Å². The lowest BCUT2D eigenvalue weighted by Crippen LogP contribution is -2.26. The number of hydrogen-bond donors (Lipinski definition) is 0. The van der Waals surface area contributed by atoms with E-state index in [0.717, 1.165) is 38.5 Å². The van der Waals surface area contributed by atoms with Crippen molar-refractivity contribution in [1.29, 1.82) is 0 Å². The Morgan fingerprint density at radius 3 is 1.34 bits per heavy atom. The maximum Gasteiger partial charge on any atom is 0.306 e. The summed E-state index contributed by atoms with van der Waals surface area (Å²) < 4.78 is 20.8. The zero-order valence-corrected chi connectivity index (χ0v) is 30.8. The van der Waals surface area contributed by atoms with Gasteiger partial charge in [-0.3, -0.25) is 19.2 Å². The normalized spacial score (nSPS) is 11.7. The fourth-order valence-electron chi connectivity index (χ4n) is 5.56. The second-order valence-corrected chi connectivity index (χ2v) is 13.2. The van der Waals surface area contributed by atoms with E-state index < -0.39 is 18.0 Å². The molecule has 0 aromatic carbocycles. The van der Waals surface area contributed by atoms with Crippen molar-refractivity contribution >= 4 is 23.7 Å². The minimum atomic E-state index is -0.672. The number of carbonyl (C=O) groups excluding carboxylic acids is 4. The number of carbonyl (C=O) groups is 4. The van der Waals surface area contributed by atoms with E-state index in [4.69, 9.17) is 18.9 Å². The predicted molar refractivity (Wildman–Crippen MR) is 189 cm³/mol. The van der Waals surface area contributed by atoms with Crippen LogP contribution in [-0.4, -0.2) is 56.7 Å². The van der Waals surface area contributed by atoms with Crippen LogP contribution in [-0.2, 0) is 38.1 Å². The van der Waals surface area contributed by atoms with Crippen molar-refractivity contribution in [3.8, 4) is 0 Å². The smallest absolute Gasteiger partial charge is 0.306 e. The lowest BCUT2D eigenvalue weighted by Gasteiger charge is -2.18. The molecule has 0 aliphatic rings. The van der Waals surface area contributed by atoms with Gasteiger partial charge in [0.2, 0.25) is 0 Å². The van der Waals surface area contributed by atoms with E-state index in [0.29, 0.717) is 25.9 Å². The number of ether oxygens (including phenoxy) is 4. The van der Waals surface area contributed by atoms with Crippen LogP contribution in [0.3, 0.4) is 0 Å². The number of ketones is 1. The summed E-state index contributed by atoms with van der Waals surface area (Å²) in [7, 11) is 1.51. The number of esters is 3. The Morgan fingerprint density at radius 1 is 0.447 bits per heavy atom. The van der Waals surface area contributed by atoms with Crippen molar-refractivity contribution < 1.29 is 38.1 Å². The molecule has 0 radical (unpaired) electrons. The lowest BCUT2D eigenvalue weighted by molar-refractivity contribution is -0.160. The summed E-state index contributed by atoms with van der Waals surface area (Å²) in [5.41, 5.74) is 0. The highest BCUT2D eigenvalue weighted by molar-refractivity contribution is 5.78. The number of Topliss-reactive ketones (excluding diaryl/α,β-unsaturated/α-hetero) is 1. The Morgan fingerprint density at radius 2 is 0.872 bits per heavy atom. The predicted octanol–water partition coefficient (Wildman–Crippen LogP) is 10.2. The molecule has 0 saturated carbocycles. The van der Waals surface area contributed by atoms with Crippen LogP contribution in [0.4, 0.5) is 0 Å². The third-order valence-electron chi connectivity index (χ3n) is 8.60. The molecule has 47 heavy (non-hydrogen) atoms. The molecule has 0 bridgehead atoms. The molecule has 0 spiro atoms. The molecule has 0 aliphatic heterocycles. The van der Waals surface area contributed by atoms with Crippen LogP contribution in [0.2, 0.25) is 0 Å². The highest BCUT2D eigenvalue weighted by Crippen LogP contribution is 2.16. The average molecular weight is 669 g/mol. The number of hydrogen-bond acceptors (Lipinski definition) is 8. The standard InChI is InChI=1S/C39H72O8/c1-4-6-8-10-12-14-16-18-20-22-24-26-35(40)28-29-36(34-46-38(42)31-30-37(41)45-33-32-44-3)47-39(43)27-25-23-21-19-17-15-13-11-9-7-5-2/h36H,4-34H2,1-3H3. The molecule has 8 heteroatoms. The third kappa shape index (κ3) is 33.7. The first-order valence-corrected chi connectivity index (χ1v) is 19.4. The zero-order chi connectivity index (χ0) is 34.6. The van der Waals surface area contributed by atoms with Gasteiger partial charge in [-0.25, -0.2) is 0 Å². The second-order valence-electron chi connectivity index (χ2n) is 13.2. The Bertz CT molecular complexity index is 753. The molecule has 0 fully saturated rings. The minimum absolute atomic E-state index is 0.0939. The van der Waals surface area contributed by atoms with E-state index in [1.54, 1.807) is 0 Å². The Labute approximate surface area is 288 Å².